The number of nitrogen functional groups attached to an aromatic ring is 1. The van der Waals surface area contributed by atoms with Crippen molar-refractivity contribution >= 4 is 40.3 Å². The molecule has 1 saturated carbocycles. The number of imidazole rings is 1. The lowest BCUT2D eigenvalue weighted by Gasteiger charge is -2.42. The first kappa shape index (κ1) is 38.3. The van der Waals surface area contributed by atoms with Crippen LogP contribution in [0.4, 0.5) is 17.5 Å². The summed E-state index contributed by atoms with van der Waals surface area (Å²) in [5, 5.41) is 36.2. The van der Waals surface area contributed by atoms with Gasteiger partial charge in [-0.2, -0.15) is 0 Å². The molecule has 2 aromatic carbocycles. The molecule has 4 saturated heterocycles. The molecule has 16 nitrogen and oxygen atoms in total. The topological polar surface area (TPSA) is 210 Å². The van der Waals surface area contributed by atoms with E-state index in [2.05, 4.69) is 30.6 Å². The zero-order chi connectivity index (χ0) is 41.1. The number of anilines is 3. The molecular formula is C44H51N11O5. The number of phenols is 1. The number of benzene rings is 2. The predicted octanol–water partition coefficient (Wildman–Crippen LogP) is 3.71. The molecule has 1 aliphatic carbocycles. The van der Waals surface area contributed by atoms with Crippen LogP contribution >= 0.6 is 0 Å². The van der Waals surface area contributed by atoms with Crippen LogP contribution in [0, 0.1) is 0 Å². The molecule has 60 heavy (non-hydrogen) atoms. The molecule has 7 heterocycles. The fourth-order valence-corrected chi connectivity index (χ4v) is 10.4. The lowest BCUT2D eigenvalue weighted by molar-refractivity contribution is -0.135. The van der Waals surface area contributed by atoms with Crippen molar-refractivity contribution in [3.05, 3.63) is 82.0 Å². The van der Waals surface area contributed by atoms with Gasteiger partial charge in [0.1, 0.15) is 11.8 Å². The Morgan fingerprint density at radius 2 is 1.52 bits per heavy atom. The fourth-order valence-electron chi connectivity index (χ4n) is 10.4. The van der Waals surface area contributed by atoms with Crippen LogP contribution in [0.3, 0.4) is 0 Å². The van der Waals surface area contributed by atoms with Gasteiger partial charge in [0.15, 0.2) is 5.82 Å². The normalized spacial score (nSPS) is 24.9. The lowest BCUT2D eigenvalue weighted by atomic mass is 9.83. The molecule has 5 fully saturated rings. The Hall–Kier alpha value is -5.87. The van der Waals surface area contributed by atoms with E-state index < -0.39 is 11.9 Å². The van der Waals surface area contributed by atoms with E-state index in [-0.39, 0.29) is 60.8 Å². The number of amides is 2. The van der Waals surface area contributed by atoms with Crippen LogP contribution in [0.25, 0.3) is 22.3 Å². The molecule has 6 N–H and O–H groups in total. The molecule has 5 aliphatic rings. The lowest BCUT2D eigenvalue weighted by Crippen LogP contribution is -2.54. The van der Waals surface area contributed by atoms with Gasteiger partial charge in [-0.1, -0.05) is 12.1 Å². The van der Waals surface area contributed by atoms with E-state index in [4.69, 9.17) is 15.7 Å². The van der Waals surface area contributed by atoms with Gasteiger partial charge in [0.25, 0.3) is 0 Å². The minimum atomic E-state index is -0.828. The minimum absolute atomic E-state index is 0.0177. The molecule has 2 amide bonds. The zero-order valence-electron chi connectivity index (χ0n) is 33.5. The van der Waals surface area contributed by atoms with Gasteiger partial charge in [0.05, 0.1) is 35.1 Å². The maximum absolute atomic E-state index is 14.3. The van der Waals surface area contributed by atoms with Gasteiger partial charge in [-0.3, -0.25) is 24.0 Å². The smallest absolute Gasteiger partial charge is 0.330 e. The number of fused-ring (bicyclic) bond motifs is 3. The van der Waals surface area contributed by atoms with Gasteiger partial charge < -0.3 is 31.1 Å². The summed E-state index contributed by atoms with van der Waals surface area (Å²) in [6, 6.07) is 12.7. The number of carbonyl (C=O) groups is 2. The van der Waals surface area contributed by atoms with Gasteiger partial charge in [-0.15, -0.1) is 10.2 Å². The predicted molar refractivity (Wildman–Crippen MR) is 226 cm³/mol. The van der Waals surface area contributed by atoms with Crippen molar-refractivity contribution < 1.29 is 19.8 Å². The van der Waals surface area contributed by atoms with Crippen molar-refractivity contribution in [2.75, 3.05) is 41.7 Å². The number of nitrogens with two attached hydrogens (primary N) is 1. The van der Waals surface area contributed by atoms with Crippen LogP contribution in [0.1, 0.15) is 98.8 Å². The second-order valence-corrected chi connectivity index (χ2v) is 17.3. The third-order valence-corrected chi connectivity index (χ3v) is 13.7. The number of nitrogens with zero attached hydrogens (tertiary/aromatic N) is 8. The maximum atomic E-state index is 14.3. The van der Waals surface area contributed by atoms with E-state index in [1.54, 1.807) is 16.7 Å². The van der Waals surface area contributed by atoms with E-state index in [0.29, 0.717) is 39.6 Å². The number of nitrogens with one attached hydrogen (secondary N) is 2. The van der Waals surface area contributed by atoms with Gasteiger partial charge >= 0.3 is 5.69 Å². The molecule has 16 heteroatoms. The van der Waals surface area contributed by atoms with Crippen LogP contribution < -0.4 is 31.9 Å². The largest absolute Gasteiger partial charge is 0.507 e. The fraction of sp³-hybridized carbons (Fsp3) is 0.477. The molecule has 10 rings (SSSR count). The molecule has 3 atom stereocenters. The SMILES string of the molecule is Nc1nnc(-c2ccc(Cn3c(=O)n(C4CCC(=O)NC4=O)c4ccc(C5CCC(O)CC5)cc43)cc2O)cc1N1CC2CCC(C1)N2c1ncc(C2CCNCC2)cn1. The summed E-state index contributed by atoms with van der Waals surface area (Å²) >= 11 is 0. The molecule has 0 spiro atoms. The van der Waals surface area contributed by atoms with Crippen molar-refractivity contribution in [3.8, 4) is 17.0 Å². The number of imide groups is 1. The van der Waals surface area contributed by atoms with Crippen molar-refractivity contribution in [1.29, 1.82) is 0 Å². The Morgan fingerprint density at radius 3 is 2.23 bits per heavy atom. The number of piperazine rings is 1. The summed E-state index contributed by atoms with van der Waals surface area (Å²) in [5.41, 5.74) is 12.1. The Labute approximate surface area is 346 Å². The summed E-state index contributed by atoms with van der Waals surface area (Å²) < 4.78 is 3.13. The summed E-state index contributed by atoms with van der Waals surface area (Å²) in [6.45, 7) is 3.63. The Balaban J connectivity index is 0.903. The van der Waals surface area contributed by atoms with Crippen molar-refractivity contribution in [3.63, 3.8) is 0 Å². The van der Waals surface area contributed by atoms with E-state index in [1.165, 1.54) is 10.1 Å². The van der Waals surface area contributed by atoms with E-state index in [9.17, 15) is 24.6 Å². The highest BCUT2D eigenvalue weighted by molar-refractivity contribution is 6.00. The summed E-state index contributed by atoms with van der Waals surface area (Å²) in [4.78, 5) is 53.7. The van der Waals surface area contributed by atoms with Crippen LogP contribution in [-0.2, 0) is 16.1 Å². The third kappa shape index (κ3) is 7.04. The van der Waals surface area contributed by atoms with Crippen molar-refractivity contribution in [1.82, 2.24) is 39.9 Å². The molecule has 0 radical (unpaired) electrons. The number of aromatic hydroxyl groups is 1. The molecular weight excluding hydrogens is 763 g/mol. The standard InChI is InChI=1S/C44H51N11O5/c45-41-38(52-23-30-5-6-31(24-52)54(30)43-47-20-29(21-48-43)27-13-15-46-16-14-27)19-34(50-51-41)33-9-1-25(17-39(33)57)22-53-37-18-28(26-2-7-32(56)8-3-26)4-10-35(37)55(44(53)60)36-11-12-40(58)49-42(36)59/h1,4,9-10,17-21,26-27,30-32,36,46,56-57H,2-3,5-8,11-16,22-24H2,(H2,45,51)(H,49,58,59). The van der Waals surface area contributed by atoms with E-state index in [0.717, 1.165) is 94.7 Å². The molecule has 4 aliphatic heterocycles. The monoisotopic (exact) mass is 813 g/mol. The van der Waals surface area contributed by atoms with Crippen LogP contribution in [0.5, 0.6) is 5.75 Å². The Bertz CT molecular complexity index is 2490. The van der Waals surface area contributed by atoms with Crippen molar-refractivity contribution in [2.24, 2.45) is 0 Å². The van der Waals surface area contributed by atoms with Gasteiger partial charge in [0.2, 0.25) is 17.8 Å². The number of carbonyl (C=O) groups excluding carboxylic acids is 2. The second kappa shape index (κ2) is 15.6. The molecule has 3 unspecified atom stereocenters. The number of aliphatic hydroxyl groups is 1. The average molecular weight is 814 g/mol. The van der Waals surface area contributed by atoms with E-state index >= 15 is 0 Å². The quantitative estimate of drug-likeness (QED) is 0.142. The number of hydrogen-bond acceptors (Lipinski definition) is 13. The Morgan fingerprint density at radius 1 is 0.783 bits per heavy atom. The molecule has 5 aromatic rings. The van der Waals surface area contributed by atoms with Crippen LogP contribution in [0.15, 0.2) is 59.7 Å². The molecule has 312 valence electrons. The highest BCUT2D eigenvalue weighted by atomic mass is 16.3. The minimum Gasteiger partial charge on any atom is -0.507 e. The first-order valence-corrected chi connectivity index (χ1v) is 21.5. The third-order valence-electron chi connectivity index (χ3n) is 13.7. The van der Waals surface area contributed by atoms with Crippen LogP contribution in [-0.4, -0.2) is 95.7 Å². The summed E-state index contributed by atoms with van der Waals surface area (Å²) in [6.07, 6.45) is 11.5. The van der Waals surface area contributed by atoms with Crippen LogP contribution in [0.2, 0.25) is 0 Å². The number of hydrogen-bond donors (Lipinski definition) is 5. The van der Waals surface area contributed by atoms with Gasteiger partial charge in [-0.05, 0) is 130 Å². The average Bonchev–Trinajstić information content (AvgIpc) is 3.68. The number of rotatable bonds is 8. The Kier molecular flexibility index (Phi) is 9.98. The van der Waals surface area contributed by atoms with Crippen molar-refractivity contribution in [2.45, 2.75) is 107 Å². The molecule has 3 aromatic heterocycles. The number of piperidine rings is 2. The van der Waals surface area contributed by atoms with E-state index in [1.807, 2.05) is 42.7 Å². The molecule has 2 bridgehead atoms. The zero-order valence-corrected chi connectivity index (χ0v) is 33.5. The van der Waals surface area contributed by atoms with Gasteiger partial charge in [0, 0.05) is 49.6 Å². The maximum Gasteiger partial charge on any atom is 0.330 e. The highest BCUT2D eigenvalue weighted by Gasteiger charge is 2.42. The number of aromatic nitrogens is 6. The number of phenolic OH excluding ortho intramolecular Hbond substituents is 1. The summed E-state index contributed by atoms with van der Waals surface area (Å²) in [5.74, 6) is 0.977. The summed E-state index contributed by atoms with van der Waals surface area (Å²) in [7, 11) is 0. The van der Waals surface area contributed by atoms with Gasteiger partial charge in [-0.25, -0.2) is 14.8 Å². The number of aliphatic hydroxyl groups excluding tert-OH is 1. The highest BCUT2D eigenvalue weighted by Crippen LogP contribution is 2.39. The first-order valence-electron chi connectivity index (χ1n) is 21.5. The second-order valence-electron chi connectivity index (χ2n) is 17.3. The first-order chi connectivity index (χ1) is 29.2.